The summed E-state index contributed by atoms with van der Waals surface area (Å²) in [5, 5.41) is 6.26. The summed E-state index contributed by atoms with van der Waals surface area (Å²) >= 11 is 0. The summed E-state index contributed by atoms with van der Waals surface area (Å²) in [6.45, 7) is 4.56. The predicted molar refractivity (Wildman–Crippen MR) is 75.1 cm³/mol. The molecule has 1 aromatic carbocycles. The Morgan fingerprint density at radius 3 is 2.32 bits per heavy atom. The maximum Gasteiger partial charge on any atom is 0.232 e. The Kier molecular flexibility index (Phi) is 3.55. The third kappa shape index (κ3) is 2.32. The van der Waals surface area contributed by atoms with Crippen molar-refractivity contribution in [2.45, 2.75) is 20.3 Å². The van der Waals surface area contributed by atoms with Crippen molar-refractivity contribution in [1.29, 1.82) is 0 Å². The van der Waals surface area contributed by atoms with E-state index in [9.17, 15) is 4.79 Å². The lowest BCUT2D eigenvalue weighted by molar-refractivity contribution is -0.124. The molecule has 1 unspecified atom stereocenters. The van der Waals surface area contributed by atoms with Gasteiger partial charge in [-0.15, -0.1) is 0 Å². The molecule has 5 heteroatoms. The van der Waals surface area contributed by atoms with Gasteiger partial charge in [0.1, 0.15) is 0 Å². The van der Waals surface area contributed by atoms with Gasteiger partial charge in [-0.2, -0.15) is 0 Å². The van der Waals surface area contributed by atoms with E-state index in [4.69, 9.17) is 9.47 Å². The molecule has 2 N–H and O–H groups in total. The first kappa shape index (κ1) is 13.5. The molecule has 19 heavy (non-hydrogen) atoms. The number of hydrogen-bond acceptors (Lipinski definition) is 4. The molecule has 1 heterocycles. The molecular weight excluding hydrogens is 244 g/mol. The lowest BCUT2D eigenvalue weighted by Crippen LogP contribution is -2.36. The summed E-state index contributed by atoms with van der Waals surface area (Å²) in [5.41, 5.74) is 1.16. The van der Waals surface area contributed by atoms with Gasteiger partial charge in [-0.3, -0.25) is 4.79 Å². The number of amides is 1. The van der Waals surface area contributed by atoms with Gasteiger partial charge in [0.2, 0.25) is 5.91 Å². The highest BCUT2D eigenvalue weighted by Gasteiger charge is 2.34. The van der Waals surface area contributed by atoms with Crippen LogP contribution in [0.2, 0.25) is 0 Å². The van der Waals surface area contributed by atoms with E-state index in [0.717, 1.165) is 17.8 Å². The van der Waals surface area contributed by atoms with Crippen LogP contribution in [0.15, 0.2) is 12.1 Å². The van der Waals surface area contributed by atoms with E-state index in [1.165, 1.54) is 0 Å². The Balaban J connectivity index is 2.43. The van der Waals surface area contributed by atoms with Gasteiger partial charge >= 0.3 is 0 Å². The summed E-state index contributed by atoms with van der Waals surface area (Å²) in [4.78, 5) is 12.3. The van der Waals surface area contributed by atoms with E-state index in [2.05, 4.69) is 10.6 Å². The summed E-state index contributed by atoms with van der Waals surface area (Å²) < 4.78 is 10.5. The van der Waals surface area contributed by atoms with Crippen LogP contribution in [0.4, 0.5) is 11.4 Å². The average molecular weight is 264 g/mol. The number of carbonyl (C=O) groups excluding carboxylic acids is 1. The first-order chi connectivity index (χ1) is 9.04. The van der Waals surface area contributed by atoms with E-state index in [0.29, 0.717) is 18.0 Å². The number of nitrogens with one attached hydrogen (secondary N) is 2. The van der Waals surface area contributed by atoms with Crippen LogP contribution < -0.4 is 20.1 Å². The highest BCUT2D eigenvalue weighted by Crippen LogP contribution is 2.39. The first-order valence-electron chi connectivity index (χ1n) is 6.35. The lowest BCUT2D eigenvalue weighted by atomic mass is 9.86. The lowest BCUT2D eigenvalue weighted by Gasteiger charge is -2.23. The molecule has 2 rings (SSSR count). The molecule has 1 atom stereocenters. The Bertz CT molecular complexity index is 502. The van der Waals surface area contributed by atoms with Crippen LogP contribution in [-0.4, -0.2) is 26.7 Å². The van der Waals surface area contributed by atoms with Crippen LogP contribution in [-0.2, 0) is 4.79 Å². The SMILES string of the molecule is CCC1(C)CNc2cc(OC)c(OC)cc2NC1=O. The normalized spacial score (nSPS) is 21.8. The Morgan fingerprint density at radius 1 is 1.21 bits per heavy atom. The molecule has 5 nitrogen and oxygen atoms in total. The molecule has 104 valence electrons. The van der Waals surface area contributed by atoms with E-state index in [1.807, 2.05) is 19.9 Å². The van der Waals surface area contributed by atoms with Crippen LogP contribution in [0.25, 0.3) is 0 Å². The summed E-state index contributed by atoms with van der Waals surface area (Å²) in [7, 11) is 3.17. The molecule has 1 aliphatic heterocycles. The number of benzene rings is 1. The van der Waals surface area contributed by atoms with Gasteiger partial charge in [0.15, 0.2) is 11.5 Å². The molecule has 0 spiro atoms. The van der Waals surface area contributed by atoms with Crippen LogP contribution in [0.1, 0.15) is 20.3 Å². The highest BCUT2D eigenvalue weighted by atomic mass is 16.5. The van der Waals surface area contributed by atoms with Gasteiger partial charge in [-0.1, -0.05) is 6.92 Å². The topological polar surface area (TPSA) is 59.6 Å². The van der Waals surface area contributed by atoms with Crippen molar-refractivity contribution in [2.24, 2.45) is 5.41 Å². The van der Waals surface area contributed by atoms with Crippen molar-refractivity contribution < 1.29 is 14.3 Å². The number of anilines is 2. The molecular formula is C14H20N2O3. The molecule has 0 fully saturated rings. The number of rotatable bonds is 3. The molecule has 0 aromatic heterocycles. The maximum absolute atomic E-state index is 12.3. The monoisotopic (exact) mass is 264 g/mol. The van der Waals surface area contributed by atoms with Crippen LogP contribution in [0.3, 0.4) is 0 Å². The fourth-order valence-electron chi connectivity index (χ4n) is 2.06. The second-order valence-electron chi connectivity index (χ2n) is 4.97. The van der Waals surface area contributed by atoms with E-state index >= 15 is 0 Å². The van der Waals surface area contributed by atoms with Crippen LogP contribution >= 0.6 is 0 Å². The Labute approximate surface area is 113 Å². The predicted octanol–water partition coefficient (Wildman–Crippen LogP) is 2.48. The molecule has 0 aliphatic carbocycles. The summed E-state index contributed by atoms with van der Waals surface area (Å²) in [6, 6.07) is 3.62. The van der Waals surface area contributed by atoms with Crippen LogP contribution in [0.5, 0.6) is 11.5 Å². The Morgan fingerprint density at radius 2 is 1.79 bits per heavy atom. The molecule has 0 saturated heterocycles. The van der Waals surface area contributed by atoms with E-state index in [-0.39, 0.29) is 5.91 Å². The standard InChI is InChI=1S/C14H20N2O3/c1-5-14(2)8-15-9-6-11(18-3)12(19-4)7-10(9)16-13(14)17/h6-7,15H,5,8H2,1-4H3,(H,16,17). The number of hydrogen-bond donors (Lipinski definition) is 2. The van der Waals surface area contributed by atoms with Gasteiger partial charge in [0.05, 0.1) is 31.0 Å². The summed E-state index contributed by atoms with van der Waals surface area (Å²) in [5.74, 6) is 1.26. The minimum Gasteiger partial charge on any atom is -0.493 e. The van der Waals surface area contributed by atoms with Crippen molar-refractivity contribution in [2.75, 3.05) is 31.4 Å². The van der Waals surface area contributed by atoms with Crippen molar-refractivity contribution >= 4 is 17.3 Å². The molecule has 0 saturated carbocycles. The number of methoxy groups -OCH3 is 2. The highest BCUT2D eigenvalue weighted by molar-refractivity contribution is 6.00. The molecule has 0 radical (unpaired) electrons. The molecule has 0 bridgehead atoms. The molecule has 1 aromatic rings. The van der Waals surface area contributed by atoms with Crippen LogP contribution in [0, 0.1) is 5.41 Å². The van der Waals surface area contributed by atoms with Gasteiger partial charge in [-0.25, -0.2) is 0 Å². The average Bonchev–Trinajstić information content (AvgIpc) is 2.55. The third-order valence-electron chi connectivity index (χ3n) is 3.77. The summed E-state index contributed by atoms with van der Waals surface area (Å²) in [6.07, 6.45) is 0.772. The van der Waals surface area contributed by atoms with Gasteiger partial charge in [0.25, 0.3) is 0 Å². The van der Waals surface area contributed by atoms with E-state index in [1.54, 1.807) is 20.3 Å². The second-order valence-corrected chi connectivity index (χ2v) is 4.97. The van der Waals surface area contributed by atoms with Crippen molar-refractivity contribution in [3.63, 3.8) is 0 Å². The Hall–Kier alpha value is -1.91. The second kappa shape index (κ2) is 4.99. The zero-order chi connectivity index (χ0) is 14.0. The number of carbonyl (C=O) groups is 1. The zero-order valence-corrected chi connectivity index (χ0v) is 11.8. The fraction of sp³-hybridized carbons (Fsp3) is 0.500. The van der Waals surface area contributed by atoms with Crippen molar-refractivity contribution in [3.05, 3.63) is 12.1 Å². The van der Waals surface area contributed by atoms with Crippen molar-refractivity contribution in [1.82, 2.24) is 0 Å². The smallest absolute Gasteiger partial charge is 0.232 e. The quantitative estimate of drug-likeness (QED) is 0.880. The van der Waals surface area contributed by atoms with Gasteiger partial charge in [0, 0.05) is 18.7 Å². The third-order valence-corrected chi connectivity index (χ3v) is 3.77. The van der Waals surface area contributed by atoms with E-state index < -0.39 is 5.41 Å². The minimum atomic E-state index is -0.417. The largest absolute Gasteiger partial charge is 0.493 e. The molecule has 1 aliphatic rings. The number of ether oxygens (including phenoxy) is 2. The minimum absolute atomic E-state index is 0.0217. The van der Waals surface area contributed by atoms with Crippen molar-refractivity contribution in [3.8, 4) is 11.5 Å². The molecule has 1 amide bonds. The van der Waals surface area contributed by atoms with Gasteiger partial charge < -0.3 is 20.1 Å². The number of fused-ring (bicyclic) bond motifs is 1. The fourth-order valence-corrected chi connectivity index (χ4v) is 2.06. The maximum atomic E-state index is 12.3. The van der Waals surface area contributed by atoms with Gasteiger partial charge in [-0.05, 0) is 13.3 Å². The zero-order valence-electron chi connectivity index (χ0n) is 11.8. The first-order valence-corrected chi connectivity index (χ1v) is 6.35.